The van der Waals surface area contributed by atoms with E-state index in [1.165, 1.54) is 19.3 Å². The van der Waals surface area contributed by atoms with Crippen LogP contribution < -0.4 is 10.2 Å². The number of anilines is 1. The number of nitrogens with zero attached hydrogens (tertiary/aromatic N) is 1. The van der Waals surface area contributed by atoms with E-state index in [0.29, 0.717) is 5.92 Å². The second-order valence-electron chi connectivity index (χ2n) is 6.70. The lowest BCUT2D eigenvalue weighted by atomic mass is 10.0. The van der Waals surface area contributed by atoms with E-state index in [1.807, 2.05) is 6.07 Å². The molecule has 2 nitrogen and oxygen atoms in total. The third-order valence-electron chi connectivity index (χ3n) is 4.22. The molecule has 1 fully saturated rings. The van der Waals surface area contributed by atoms with E-state index < -0.39 is 0 Å². The highest BCUT2D eigenvalue weighted by atomic mass is 19.1. The summed E-state index contributed by atoms with van der Waals surface area (Å²) < 4.78 is 14.3. The van der Waals surface area contributed by atoms with Crippen LogP contribution in [0, 0.1) is 17.7 Å². The van der Waals surface area contributed by atoms with Gasteiger partial charge in [-0.2, -0.15) is 0 Å². The monoisotopic (exact) mass is 292 g/mol. The lowest BCUT2D eigenvalue weighted by Crippen LogP contribution is -2.22. The maximum absolute atomic E-state index is 14.3. The Morgan fingerprint density at radius 3 is 2.86 bits per heavy atom. The van der Waals surface area contributed by atoms with Gasteiger partial charge >= 0.3 is 0 Å². The van der Waals surface area contributed by atoms with Crippen LogP contribution in [0.15, 0.2) is 18.2 Å². The van der Waals surface area contributed by atoms with Crippen molar-refractivity contribution in [3.63, 3.8) is 0 Å². The molecular weight excluding hydrogens is 263 g/mol. The second kappa shape index (κ2) is 7.79. The SMILES string of the molecule is CCCC1CCN(c2ccc(CNCC(C)C)cc2F)C1. The van der Waals surface area contributed by atoms with Crippen molar-refractivity contribution in [2.75, 3.05) is 24.5 Å². The molecule has 118 valence electrons. The van der Waals surface area contributed by atoms with Crippen molar-refractivity contribution in [2.45, 2.75) is 46.6 Å². The summed E-state index contributed by atoms with van der Waals surface area (Å²) in [6, 6.07) is 5.70. The molecule has 1 aromatic rings. The summed E-state index contributed by atoms with van der Waals surface area (Å²) >= 11 is 0. The molecule has 1 aliphatic rings. The minimum Gasteiger partial charge on any atom is -0.369 e. The van der Waals surface area contributed by atoms with Crippen LogP contribution in [-0.4, -0.2) is 19.6 Å². The third kappa shape index (κ3) is 4.70. The average molecular weight is 292 g/mol. The van der Waals surface area contributed by atoms with Crippen LogP contribution in [0.25, 0.3) is 0 Å². The fourth-order valence-corrected chi connectivity index (χ4v) is 3.12. The van der Waals surface area contributed by atoms with E-state index in [0.717, 1.165) is 43.3 Å². The molecule has 1 heterocycles. The van der Waals surface area contributed by atoms with Crippen LogP contribution in [0.2, 0.25) is 0 Å². The predicted octanol–water partition coefficient (Wildman–Crippen LogP) is 4.20. The van der Waals surface area contributed by atoms with Crippen molar-refractivity contribution in [2.24, 2.45) is 11.8 Å². The molecule has 0 spiro atoms. The van der Waals surface area contributed by atoms with Gasteiger partial charge in [0.05, 0.1) is 5.69 Å². The Hall–Kier alpha value is -1.09. The van der Waals surface area contributed by atoms with Gasteiger partial charge in [-0.15, -0.1) is 0 Å². The summed E-state index contributed by atoms with van der Waals surface area (Å²) in [5, 5.41) is 3.36. The lowest BCUT2D eigenvalue weighted by molar-refractivity contribution is 0.528. The minimum absolute atomic E-state index is 0.0732. The molecule has 3 heteroatoms. The van der Waals surface area contributed by atoms with Crippen LogP contribution in [0.4, 0.5) is 10.1 Å². The number of hydrogen-bond donors (Lipinski definition) is 1. The molecule has 1 aliphatic heterocycles. The van der Waals surface area contributed by atoms with Crippen LogP contribution in [0.5, 0.6) is 0 Å². The molecule has 2 rings (SSSR count). The Bertz CT molecular complexity index is 445. The van der Waals surface area contributed by atoms with Crippen LogP contribution in [0.1, 0.15) is 45.6 Å². The Balaban J connectivity index is 1.93. The van der Waals surface area contributed by atoms with E-state index in [2.05, 4.69) is 37.1 Å². The van der Waals surface area contributed by atoms with E-state index in [4.69, 9.17) is 0 Å². The first-order valence-electron chi connectivity index (χ1n) is 8.34. The summed E-state index contributed by atoms with van der Waals surface area (Å²) in [6.07, 6.45) is 3.68. The van der Waals surface area contributed by atoms with Gasteiger partial charge in [-0.3, -0.25) is 0 Å². The molecule has 1 aromatic carbocycles. The molecule has 0 bridgehead atoms. The van der Waals surface area contributed by atoms with Crippen molar-refractivity contribution >= 4 is 5.69 Å². The maximum atomic E-state index is 14.3. The zero-order valence-electron chi connectivity index (χ0n) is 13.7. The summed E-state index contributed by atoms with van der Waals surface area (Å²) in [5.41, 5.74) is 1.81. The molecule has 0 aromatic heterocycles. The zero-order chi connectivity index (χ0) is 15.2. The van der Waals surface area contributed by atoms with Crippen LogP contribution >= 0.6 is 0 Å². The summed E-state index contributed by atoms with van der Waals surface area (Å²) in [6.45, 7) is 10.3. The highest BCUT2D eigenvalue weighted by Gasteiger charge is 2.23. The summed E-state index contributed by atoms with van der Waals surface area (Å²) in [4.78, 5) is 2.21. The molecule has 0 amide bonds. The smallest absolute Gasteiger partial charge is 0.146 e. The topological polar surface area (TPSA) is 15.3 Å². The fraction of sp³-hybridized carbons (Fsp3) is 0.667. The summed E-state index contributed by atoms with van der Waals surface area (Å²) in [7, 11) is 0. The van der Waals surface area contributed by atoms with E-state index in [9.17, 15) is 4.39 Å². The highest BCUT2D eigenvalue weighted by molar-refractivity contribution is 5.50. The van der Waals surface area contributed by atoms with Crippen LogP contribution in [-0.2, 0) is 6.54 Å². The molecule has 1 saturated heterocycles. The Kier molecular flexibility index (Phi) is 6.04. The van der Waals surface area contributed by atoms with Gasteiger partial charge in [0.2, 0.25) is 0 Å². The minimum atomic E-state index is -0.0732. The summed E-state index contributed by atoms with van der Waals surface area (Å²) in [5.74, 6) is 1.28. The maximum Gasteiger partial charge on any atom is 0.146 e. The van der Waals surface area contributed by atoms with Gasteiger partial charge < -0.3 is 10.2 Å². The molecule has 1 atom stereocenters. The first-order chi connectivity index (χ1) is 10.1. The van der Waals surface area contributed by atoms with Gasteiger partial charge in [-0.25, -0.2) is 4.39 Å². The van der Waals surface area contributed by atoms with E-state index >= 15 is 0 Å². The predicted molar refractivity (Wildman–Crippen MR) is 88.2 cm³/mol. The molecule has 0 radical (unpaired) electrons. The van der Waals surface area contributed by atoms with Crippen molar-refractivity contribution in [3.05, 3.63) is 29.6 Å². The second-order valence-corrected chi connectivity index (χ2v) is 6.70. The number of rotatable bonds is 7. The standard InChI is InChI=1S/C18H29FN2/c1-4-5-15-8-9-21(13-15)18-7-6-16(10-17(18)19)12-20-11-14(2)3/h6-7,10,14-15,20H,4-5,8-9,11-13H2,1-3H3. The number of nitrogens with one attached hydrogen (secondary N) is 1. The molecule has 1 unspecified atom stereocenters. The van der Waals surface area contributed by atoms with Gasteiger partial charge in [0.15, 0.2) is 0 Å². The lowest BCUT2D eigenvalue weighted by Gasteiger charge is -2.20. The normalized spacial score (nSPS) is 18.7. The van der Waals surface area contributed by atoms with Crippen molar-refractivity contribution in [1.82, 2.24) is 5.32 Å². The number of hydrogen-bond acceptors (Lipinski definition) is 2. The molecule has 0 aliphatic carbocycles. The van der Waals surface area contributed by atoms with Gasteiger partial charge in [0, 0.05) is 19.6 Å². The fourth-order valence-electron chi connectivity index (χ4n) is 3.12. The van der Waals surface area contributed by atoms with Gasteiger partial charge in [-0.05, 0) is 48.9 Å². The average Bonchev–Trinajstić information content (AvgIpc) is 2.87. The molecular formula is C18H29FN2. The highest BCUT2D eigenvalue weighted by Crippen LogP contribution is 2.28. The first-order valence-corrected chi connectivity index (χ1v) is 8.34. The van der Waals surface area contributed by atoms with Gasteiger partial charge in [0.1, 0.15) is 5.82 Å². The molecule has 21 heavy (non-hydrogen) atoms. The van der Waals surface area contributed by atoms with Gasteiger partial charge in [-0.1, -0.05) is 33.3 Å². The largest absolute Gasteiger partial charge is 0.369 e. The number of benzene rings is 1. The Labute approximate surface area is 128 Å². The number of halogens is 1. The van der Waals surface area contributed by atoms with Gasteiger partial charge in [0.25, 0.3) is 0 Å². The first kappa shape index (κ1) is 16.3. The Morgan fingerprint density at radius 1 is 1.38 bits per heavy atom. The van der Waals surface area contributed by atoms with E-state index in [-0.39, 0.29) is 5.82 Å². The quantitative estimate of drug-likeness (QED) is 0.810. The molecule has 0 saturated carbocycles. The van der Waals surface area contributed by atoms with E-state index in [1.54, 1.807) is 6.07 Å². The van der Waals surface area contributed by atoms with Crippen molar-refractivity contribution < 1.29 is 4.39 Å². The molecule has 1 N–H and O–H groups in total. The van der Waals surface area contributed by atoms with Crippen molar-refractivity contribution in [1.29, 1.82) is 0 Å². The Morgan fingerprint density at radius 2 is 2.19 bits per heavy atom. The zero-order valence-corrected chi connectivity index (χ0v) is 13.7. The van der Waals surface area contributed by atoms with Crippen molar-refractivity contribution in [3.8, 4) is 0 Å². The van der Waals surface area contributed by atoms with Crippen LogP contribution in [0.3, 0.4) is 0 Å². The third-order valence-corrected chi connectivity index (χ3v) is 4.22.